The third kappa shape index (κ3) is 5.46. The highest BCUT2D eigenvalue weighted by Gasteiger charge is 2.46. The molecule has 0 saturated carbocycles. The number of hydrogen-bond acceptors (Lipinski definition) is 12. The van der Waals surface area contributed by atoms with Crippen molar-refractivity contribution in [1.82, 2.24) is 0 Å². The van der Waals surface area contributed by atoms with E-state index < -0.39 is 74.6 Å². The van der Waals surface area contributed by atoms with Crippen LogP contribution < -0.4 is 9.47 Å². The van der Waals surface area contributed by atoms with Crippen molar-refractivity contribution in [3.63, 3.8) is 0 Å². The van der Waals surface area contributed by atoms with Crippen LogP contribution in [0.5, 0.6) is 11.5 Å². The van der Waals surface area contributed by atoms with Crippen molar-refractivity contribution in [3.8, 4) is 11.5 Å². The fraction of sp³-hybridized carbons (Fsp3) is 0.619. The molecule has 0 bridgehead atoms. The van der Waals surface area contributed by atoms with Gasteiger partial charge in [-0.2, -0.15) is 0 Å². The molecule has 0 aliphatic carbocycles. The Kier molecular flexibility index (Phi) is 8.64. The first-order chi connectivity index (χ1) is 15.7. The van der Waals surface area contributed by atoms with Crippen LogP contribution in [0.2, 0.25) is 0 Å². The van der Waals surface area contributed by atoms with Crippen molar-refractivity contribution in [2.75, 3.05) is 13.2 Å². The number of aliphatic hydroxyl groups excluding tert-OH is 8. The Hall–Kier alpha value is -1.84. The van der Waals surface area contributed by atoms with E-state index >= 15 is 0 Å². The Morgan fingerprint density at radius 1 is 0.727 bits per heavy atom. The van der Waals surface area contributed by atoms with Crippen LogP contribution in [0.1, 0.15) is 5.56 Å². The van der Waals surface area contributed by atoms with Crippen molar-refractivity contribution in [2.24, 2.45) is 0 Å². The maximum Gasteiger partial charge on any atom is 0.229 e. The minimum absolute atomic E-state index is 0.0179. The first kappa shape index (κ1) is 25.8. The molecule has 2 heterocycles. The van der Waals surface area contributed by atoms with Gasteiger partial charge in [-0.15, -0.1) is 6.58 Å². The summed E-state index contributed by atoms with van der Waals surface area (Å²) in [5.41, 5.74) is 0.714. The van der Waals surface area contributed by atoms with Crippen LogP contribution in [-0.2, 0) is 15.9 Å². The van der Waals surface area contributed by atoms with E-state index in [2.05, 4.69) is 6.58 Å². The van der Waals surface area contributed by atoms with E-state index in [1.807, 2.05) is 0 Å². The number of aliphatic hydroxyl groups is 8. The second-order valence-corrected chi connectivity index (χ2v) is 7.90. The van der Waals surface area contributed by atoms with E-state index in [4.69, 9.17) is 18.9 Å². The maximum atomic E-state index is 10.3. The van der Waals surface area contributed by atoms with Crippen LogP contribution in [0.3, 0.4) is 0 Å². The average Bonchev–Trinajstić information content (AvgIpc) is 2.81. The molecular weight excluding hydrogens is 444 g/mol. The summed E-state index contributed by atoms with van der Waals surface area (Å²) in [5, 5.41) is 79.2. The summed E-state index contributed by atoms with van der Waals surface area (Å²) in [7, 11) is 0. The zero-order valence-corrected chi connectivity index (χ0v) is 17.6. The third-order valence-corrected chi connectivity index (χ3v) is 5.57. The summed E-state index contributed by atoms with van der Waals surface area (Å²) in [4.78, 5) is 0. The van der Waals surface area contributed by atoms with E-state index in [0.29, 0.717) is 12.0 Å². The van der Waals surface area contributed by atoms with Gasteiger partial charge in [-0.1, -0.05) is 12.1 Å². The van der Waals surface area contributed by atoms with Gasteiger partial charge in [0.1, 0.15) is 48.8 Å². The van der Waals surface area contributed by atoms with Gasteiger partial charge in [-0.25, -0.2) is 0 Å². The Balaban J connectivity index is 1.86. The standard InChI is InChI=1S/C21H30O12/c1-2-3-9-4-5-10(30-20-18(28)16(26)14(24)12(7-22)32-20)11(6-9)31-21-19(29)17(27)15(25)13(8-23)33-21/h2,4-6,12-29H,1,3,7-8H2/t12-,13-,14-,15-,16+,17+,18-,19-,20?,21?/m1/s1. The Morgan fingerprint density at radius 3 is 1.67 bits per heavy atom. The first-order valence-corrected chi connectivity index (χ1v) is 10.4. The van der Waals surface area contributed by atoms with Gasteiger partial charge in [0.15, 0.2) is 11.5 Å². The van der Waals surface area contributed by atoms with E-state index in [9.17, 15) is 40.9 Å². The van der Waals surface area contributed by atoms with Gasteiger partial charge in [-0.05, 0) is 24.1 Å². The lowest BCUT2D eigenvalue weighted by Gasteiger charge is -2.41. The summed E-state index contributed by atoms with van der Waals surface area (Å²) in [6, 6.07) is 4.63. The molecule has 186 valence electrons. The first-order valence-electron chi connectivity index (χ1n) is 10.4. The second kappa shape index (κ2) is 11.1. The van der Waals surface area contributed by atoms with Crippen LogP contribution in [0, 0.1) is 0 Å². The molecule has 2 unspecified atom stereocenters. The molecule has 3 rings (SSSR count). The lowest BCUT2D eigenvalue weighted by Crippen LogP contribution is -2.60. The van der Waals surface area contributed by atoms with Crippen LogP contribution in [0.4, 0.5) is 0 Å². The fourth-order valence-corrected chi connectivity index (χ4v) is 3.62. The normalized spacial score (nSPS) is 39.2. The molecule has 12 heteroatoms. The van der Waals surface area contributed by atoms with Gasteiger partial charge >= 0.3 is 0 Å². The Labute approximate surface area is 189 Å². The summed E-state index contributed by atoms with van der Waals surface area (Å²) in [6.07, 6.45) is -13.1. The molecule has 12 nitrogen and oxygen atoms in total. The minimum Gasteiger partial charge on any atom is -0.458 e. The third-order valence-electron chi connectivity index (χ3n) is 5.57. The van der Waals surface area contributed by atoms with E-state index in [1.54, 1.807) is 12.1 Å². The van der Waals surface area contributed by atoms with Gasteiger partial charge in [0.05, 0.1) is 13.2 Å². The number of rotatable bonds is 8. The van der Waals surface area contributed by atoms with Crippen LogP contribution >= 0.6 is 0 Å². The predicted octanol–water partition coefficient (Wildman–Crippen LogP) is -3.23. The van der Waals surface area contributed by atoms with E-state index in [1.165, 1.54) is 12.1 Å². The molecule has 1 aromatic carbocycles. The molecule has 33 heavy (non-hydrogen) atoms. The summed E-state index contributed by atoms with van der Waals surface area (Å²) < 4.78 is 22.1. The Bertz CT molecular complexity index is 787. The molecule has 1 aromatic rings. The van der Waals surface area contributed by atoms with Crippen molar-refractivity contribution in [2.45, 2.75) is 67.8 Å². The van der Waals surface area contributed by atoms with Crippen molar-refractivity contribution in [3.05, 3.63) is 36.4 Å². The maximum absolute atomic E-state index is 10.3. The van der Waals surface area contributed by atoms with Crippen molar-refractivity contribution < 1.29 is 59.8 Å². The molecule has 2 fully saturated rings. The van der Waals surface area contributed by atoms with Gasteiger partial charge in [0, 0.05) is 0 Å². The number of benzene rings is 1. The molecule has 8 N–H and O–H groups in total. The van der Waals surface area contributed by atoms with E-state index in [-0.39, 0.29) is 11.5 Å². The average molecular weight is 474 g/mol. The lowest BCUT2D eigenvalue weighted by atomic mass is 9.99. The molecule has 10 atom stereocenters. The summed E-state index contributed by atoms with van der Waals surface area (Å²) in [6.45, 7) is 2.37. The summed E-state index contributed by atoms with van der Waals surface area (Å²) in [5.74, 6) is -0.0419. The zero-order valence-electron chi connectivity index (χ0n) is 17.6. The second-order valence-electron chi connectivity index (χ2n) is 7.90. The number of hydrogen-bond donors (Lipinski definition) is 8. The highest BCUT2D eigenvalue weighted by Crippen LogP contribution is 2.35. The van der Waals surface area contributed by atoms with E-state index in [0.717, 1.165) is 0 Å². The van der Waals surface area contributed by atoms with Crippen molar-refractivity contribution in [1.29, 1.82) is 0 Å². The smallest absolute Gasteiger partial charge is 0.229 e. The Morgan fingerprint density at radius 2 is 1.21 bits per heavy atom. The van der Waals surface area contributed by atoms with Crippen LogP contribution in [0.15, 0.2) is 30.9 Å². The quantitative estimate of drug-likeness (QED) is 0.176. The molecule has 2 aliphatic rings. The minimum atomic E-state index is -1.68. The highest BCUT2D eigenvalue weighted by molar-refractivity contribution is 5.44. The monoisotopic (exact) mass is 474 g/mol. The highest BCUT2D eigenvalue weighted by atomic mass is 16.7. The topological polar surface area (TPSA) is 199 Å². The molecular formula is C21H30O12. The molecule has 0 amide bonds. The van der Waals surface area contributed by atoms with Crippen LogP contribution in [0.25, 0.3) is 0 Å². The van der Waals surface area contributed by atoms with Gasteiger partial charge < -0.3 is 59.8 Å². The molecule has 0 radical (unpaired) electrons. The molecule has 2 aliphatic heterocycles. The number of ether oxygens (including phenoxy) is 4. The molecule has 0 spiro atoms. The number of allylic oxidation sites excluding steroid dienone is 1. The van der Waals surface area contributed by atoms with Gasteiger partial charge in [-0.3, -0.25) is 0 Å². The summed E-state index contributed by atoms with van der Waals surface area (Å²) >= 11 is 0. The van der Waals surface area contributed by atoms with Crippen LogP contribution in [-0.4, -0.2) is 115 Å². The predicted molar refractivity (Wildman–Crippen MR) is 109 cm³/mol. The molecule has 0 aromatic heterocycles. The fourth-order valence-electron chi connectivity index (χ4n) is 3.62. The largest absolute Gasteiger partial charge is 0.458 e. The van der Waals surface area contributed by atoms with Gasteiger partial charge in [0.25, 0.3) is 0 Å². The lowest BCUT2D eigenvalue weighted by molar-refractivity contribution is -0.282. The van der Waals surface area contributed by atoms with Gasteiger partial charge in [0.2, 0.25) is 12.6 Å². The molecule has 2 saturated heterocycles. The van der Waals surface area contributed by atoms with Crippen molar-refractivity contribution >= 4 is 0 Å². The SMILES string of the molecule is C=CCc1ccc(OC2O[C@H](CO)[C@@H](O)[C@H](O)[C@H]2O)c(OC2O[C@H](CO)[C@@H](O)[C@H](O)[C@H]2O)c1. The zero-order chi connectivity index (χ0) is 24.3.